The molecule has 0 radical (unpaired) electrons. The predicted octanol–water partition coefficient (Wildman–Crippen LogP) is 3.40. The van der Waals surface area contributed by atoms with Crippen LogP contribution in [0.15, 0.2) is 42.9 Å². The maximum absolute atomic E-state index is 12.9. The first-order chi connectivity index (χ1) is 12.9. The Bertz CT molecular complexity index is 954. The van der Waals surface area contributed by atoms with Gasteiger partial charge in [0.1, 0.15) is 0 Å². The molecule has 27 heavy (non-hydrogen) atoms. The fourth-order valence-corrected chi connectivity index (χ4v) is 3.41. The molecule has 142 valence electrons. The van der Waals surface area contributed by atoms with E-state index in [1.54, 1.807) is 22.0 Å². The highest BCUT2D eigenvalue weighted by Gasteiger charge is 2.43. The molecule has 0 spiro atoms. The van der Waals surface area contributed by atoms with E-state index in [9.17, 15) is 13.2 Å². The third-order valence-electron chi connectivity index (χ3n) is 4.74. The number of morpholine rings is 1. The standard InChI is InChI=1S/C19H19F3N4O/c1-25-11-14(9-24-25)15-4-5-23-17-8-13(2-3-16(15)17)10-26-6-7-27-18(12-26)19(20,21)22/h2-5,8-9,11,18H,6-7,10,12H2,1H3/t18-/m1/s1. The van der Waals surface area contributed by atoms with Gasteiger partial charge in [0, 0.05) is 50.0 Å². The Hall–Kier alpha value is -2.45. The average Bonchev–Trinajstić information content (AvgIpc) is 3.07. The summed E-state index contributed by atoms with van der Waals surface area (Å²) < 4.78 is 45.3. The summed E-state index contributed by atoms with van der Waals surface area (Å²) in [7, 11) is 1.86. The number of fused-ring (bicyclic) bond motifs is 1. The van der Waals surface area contributed by atoms with Crippen molar-refractivity contribution in [3.8, 4) is 11.1 Å². The lowest BCUT2D eigenvalue weighted by molar-refractivity contribution is -0.237. The minimum absolute atomic E-state index is 0.0845. The topological polar surface area (TPSA) is 43.2 Å². The van der Waals surface area contributed by atoms with E-state index in [-0.39, 0.29) is 13.2 Å². The molecule has 1 atom stereocenters. The zero-order valence-electron chi connectivity index (χ0n) is 14.8. The van der Waals surface area contributed by atoms with Crippen molar-refractivity contribution in [1.82, 2.24) is 19.7 Å². The number of ether oxygens (including phenoxy) is 1. The van der Waals surface area contributed by atoms with Gasteiger partial charge in [0.25, 0.3) is 0 Å². The van der Waals surface area contributed by atoms with Crippen molar-refractivity contribution in [1.29, 1.82) is 0 Å². The number of halogens is 3. The monoisotopic (exact) mass is 376 g/mol. The molecule has 1 fully saturated rings. The van der Waals surface area contributed by atoms with E-state index in [4.69, 9.17) is 4.74 Å². The predicted molar refractivity (Wildman–Crippen MR) is 95.0 cm³/mol. The largest absolute Gasteiger partial charge is 0.415 e. The van der Waals surface area contributed by atoms with Gasteiger partial charge in [-0.1, -0.05) is 12.1 Å². The third-order valence-corrected chi connectivity index (χ3v) is 4.74. The molecule has 0 aliphatic carbocycles. The first kappa shape index (κ1) is 17.9. The van der Waals surface area contributed by atoms with E-state index in [1.165, 1.54) is 0 Å². The molecule has 3 aromatic rings. The van der Waals surface area contributed by atoms with Crippen LogP contribution in [0.2, 0.25) is 0 Å². The highest BCUT2D eigenvalue weighted by atomic mass is 19.4. The van der Waals surface area contributed by atoms with Crippen molar-refractivity contribution >= 4 is 10.9 Å². The van der Waals surface area contributed by atoms with Crippen LogP contribution >= 0.6 is 0 Å². The van der Waals surface area contributed by atoms with Gasteiger partial charge in [-0.2, -0.15) is 18.3 Å². The maximum Gasteiger partial charge on any atom is 0.415 e. The SMILES string of the molecule is Cn1cc(-c2ccnc3cc(CN4CCO[C@@H](C(F)(F)F)C4)ccc23)cn1. The minimum Gasteiger partial charge on any atom is -0.366 e. The quantitative estimate of drug-likeness (QED) is 0.703. The number of pyridine rings is 1. The number of aromatic nitrogens is 3. The molecule has 5 nitrogen and oxygen atoms in total. The number of hydrogen-bond donors (Lipinski definition) is 0. The molecule has 1 saturated heterocycles. The van der Waals surface area contributed by atoms with Gasteiger partial charge in [-0.25, -0.2) is 0 Å². The van der Waals surface area contributed by atoms with Crippen LogP contribution in [0.25, 0.3) is 22.0 Å². The van der Waals surface area contributed by atoms with Gasteiger partial charge in [-0.15, -0.1) is 0 Å². The van der Waals surface area contributed by atoms with Crippen LogP contribution in [0.3, 0.4) is 0 Å². The zero-order valence-corrected chi connectivity index (χ0v) is 14.8. The maximum atomic E-state index is 12.9. The lowest BCUT2D eigenvalue weighted by Gasteiger charge is -2.33. The smallest absolute Gasteiger partial charge is 0.366 e. The van der Waals surface area contributed by atoms with Crippen molar-refractivity contribution in [2.24, 2.45) is 7.05 Å². The lowest BCUT2D eigenvalue weighted by Crippen LogP contribution is -2.48. The summed E-state index contributed by atoms with van der Waals surface area (Å²) in [5.41, 5.74) is 3.78. The van der Waals surface area contributed by atoms with Crippen molar-refractivity contribution in [2.75, 3.05) is 19.7 Å². The van der Waals surface area contributed by atoms with E-state index < -0.39 is 12.3 Å². The van der Waals surface area contributed by atoms with Gasteiger partial charge in [0.05, 0.1) is 18.3 Å². The van der Waals surface area contributed by atoms with Crippen molar-refractivity contribution in [3.05, 3.63) is 48.4 Å². The Balaban J connectivity index is 1.57. The lowest BCUT2D eigenvalue weighted by atomic mass is 10.0. The fourth-order valence-electron chi connectivity index (χ4n) is 3.41. The van der Waals surface area contributed by atoms with Crippen molar-refractivity contribution < 1.29 is 17.9 Å². The van der Waals surface area contributed by atoms with Crippen LogP contribution in [0.1, 0.15) is 5.56 Å². The number of rotatable bonds is 3. The van der Waals surface area contributed by atoms with Gasteiger partial charge in [-0.3, -0.25) is 14.6 Å². The normalized spacial score (nSPS) is 18.9. The number of alkyl halides is 3. The molecule has 2 aromatic heterocycles. The van der Waals surface area contributed by atoms with Crippen molar-refractivity contribution in [3.63, 3.8) is 0 Å². The second-order valence-corrected chi connectivity index (χ2v) is 6.75. The Kier molecular flexibility index (Phi) is 4.61. The fraction of sp³-hybridized carbons (Fsp3) is 0.368. The molecule has 0 bridgehead atoms. The molecule has 1 aliphatic heterocycles. The Morgan fingerprint density at radius 1 is 1.26 bits per heavy atom. The minimum atomic E-state index is -4.33. The highest BCUT2D eigenvalue weighted by molar-refractivity contribution is 5.94. The highest BCUT2D eigenvalue weighted by Crippen LogP contribution is 2.29. The van der Waals surface area contributed by atoms with Gasteiger partial charge in [0.15, 0.2) is 6.10 Å². The molecule has 3 heterocycles. The van der Waals surface area contributed by atoms with Crippen LogP contribution < -0.4 is 0 Å². The molecular weight excluding hydrogens is 357 g/mol. The molecule has 1 aromatic carbocycles. The molecule has 0 N–H and O–H groups in total. The summed E-state index contributed by atoms with van der Waals surface area (Å²) in [6, 6.07) is 7.80. The zero-order chi connectivity index (χ0) is 19.0. The Labute approximate surface area is 154 Å². The molecule has 0 saturated carbocycles. The summed E-state index contributed by atoms with van der Waals surface area (Å²) in [6.07, 6.45) is -0.575. The van der Waals surface area contributed by atoms with Gasteiger partial charge in [-0.05, 0) is 23.3 Å². The van der Waals surface area contributed by atoms with Crippen LogP contribution in [0.5, 0.6) is 0 Å². The second kappa shape index (κ2) is 6.94. The summed E-state index contributed by atoms with van der Waals surface area (Å²) in [5.74, 6) is 0. The molecule has 1 aliphatic rings. The Morgan fingerprint density at radius 2 is 2.11 bits per heavy atom. The first-order valence-electron chi connectivity index (χ1n) is 8.67. The van der Waals surface area contributed by atoms with E-state index in [0.29, 0.717) is 13.1 Å². The van der Waals surface area contributed by atoms with E-state index in [2.05, 4.69) is 10.1 Å². The molecule has 0 amide bonds. The number of benzene rings is 1. The van der Waals surface area contributed by atoms with Crippen LogP contribution in [0, 0.1) is 0 Å². The number of aryl methyl sites for hydroxylation is 1. The molecule has 8 heteroatoms. The van der Waals surface area contributed by atoms with E-state index in [1.807, 2.05) is 37.5 Å². The summed E-state index contributed by atoms with van der Waals surface area (Å²) in [6.45, 7) is 0.851. The molecule has 4 rings (SSSR count). The van der Waals surface area contributed by atoms with E-state index >= 15 is 0 Å². The molecular formula is C19H19F3N4O. The number of nitrogens with zero attached hydrogens (tertiary/aromatic N) is 4. The summed E-state index contributed by atoms with van der Waals surface area (Å²) >= 11 is 0. The van der Waals surface area contributed by atoms with Gasteiger partial charge < -0.3 is 4.74 Å². The van der Waals surface area contributed by atoms with E-state index in [0.717, 1.165) is 27.6 Å². The van der Waals surface area contributed by atoms with Crippen LogP contribution in [-0.2, 0) is 18.3 Å². The molecule has 0 unspecified atom stereocenters. The van der Waals surface area contributed by atoms with Crippen LogP contribution in [0.4, 0.5) is 13.2 Å². The Morgan fingerprint density at radius 3 is 2.85 bits per heavy atom. The second-order valence-electron chi connectivity index (χ2n) is 6.75. The van der Waals surface area contributed by atoms with Crippen LogP contribution in [-0.4, -0.2) is 51.6 Å². The average molecular weight is 376 g/mol. The summed E-state index contributed by atoms with van der Waals surface area (Å²) in [5, 5.41) is 5.20. The van der Waals surface area contributed by atoms with Gasteiger partial charge in [0.2, 0.25) is 0 Å². The first-order valence-corrected chi connectivity index (χ1v) is 8.67. The number of hydrogen-bond acceptors (Lipinski definition) is 4. The summed E-state index contributed by atoms with van der Waals surface area (Å²) in [4.78, 5) is 6.20. The van der Waals surface area contributed by atoms with Gasteiger partial charge >= 0.3 is 6.18 Å². The van der Waals surface area contributed by atoms with Crippen molar-refractivity contribution in [2.45, 2.75) is 18.8 Å². The third kappa shape index (κ3) is 3.81.